The third kappa shape index (κ3) is 2.82. The maximum atomic E-state index is 12.7. The maximum absolute atomic E-state index is 12.7. The second-order valence-electron chi connectivity index (χ2n) is 3.09. The minimum atomic E-state index is -0.172. The summed E-state index contributed by atoms with van der Waals surface area (Å²) >= 11 is 5.65. The van der Waals surface area contributed by atoms with Crippen molar-refractivity contribution in [1.29, 1.82) is 0 Å². The molecule has 0 amide bonds. The Hall–Kier alpha value is -0.560. The highest BCUT2D eigenvalue weighted by Gasteiger charge is 2.02. The minimum absolute atomic E-state index is 0.172. The molecule has 0 fully saturated rings. The summed E-state index contributed by atoms with van der Waals surface area (Å²) in [7, 11) is 0. The fourth-order valence-corrected chi connectivity index (χ4v) is 1.23. The second-order valence-corrected chi connectivity index (χ2v) is 3.40. The van der Waals surface area contributed by atoms with Crippen LogP contribution in [0.25, 0.3) is 0 Å². The number of alkyl halides is 1. The first kappa shape index (κ1) is 9.53. The van der Waals surface area contributed by atoms with Gasteiger partial charge in [0.05, 0.1) is 0 Å². The number of hydrogen-bond donors (Lipinski definition) is 0. The summed E-state index contributed by atoms with van der Waals surface area (Å²) < 4.78 is 12.7. The molecule has 1 aromatic carbocycles. The Morgan fingerprint density at radius 2 is 2.25 bits per heavy atom. The molecular formula is C10H12ClF. The van der Waals surface area contributed by atoms with E-state index in [4.69, 9.17) is 11.6 Å². The Kier molecular flexibility index (Phi) is 3.54. The van der Waals surface area contributed by atoms with Crippen molar-refractivity contribution < 1.29 is 4.39 Å². The number of halogens is 2. The van der Waals surface area contributed by atoms with Crippen LogP contribution in [-0.4, -0.2) is 5.88 Å². The third-order valence-corrected chi connectivity index (χ3v) is 2.26. The smallest absolute Gasteiger partial charge is 0.123 e. The first-order chi connectivity index (χ1) is 5.72. The molecule has 1 unspecified atom stereocenters. The van der Waals surface area contributed by atoms with Crippen LogP contribution in [0, 0.1) is 11.7 Å². The molecule has 0 N–H and O–H groups in total. The molecule has 0 saturated heterocycles. The first-order valence-electron chi connectivity index (χ1n) is 4.03. The van der Waals surface area contributed by atoms with Gasteiger partial charge in [0, 0.05) is 5.88 Å². The monoisotopic (exact) mass is 186 g/mol. The highest BCUT2D eigenvalue weighted by Crippen LogP contribution is 2.10. The molecule has 1 atom stereocenters. The minimum Gasteiger partial charge on any atom is -0.207 e. The van der Waals surface area contributed by atoms with E-state index in [1.807, 2.05) is 6.07 Å². The van der Waals surface area contributed by atoms with Crippen molar-refractivity contribution in [2.45, 2.75) is 13.3 Å². The number of hydrogen-bond acceptors (Lipinski definition) is 0. The summed E-state index contributed by atoms with van der Waals surface area (Å²) in [4.78, 5) is 0. The van der Waals surface area contributed by atoms with Gasteiger partial charge in [0.1, 0.15) is 5.82 Å². The van der Waals surface area contributed by atoms with E-state index in [2.05, 4.69) is 6.92 Å². The quantitative estimate of drug-likeness (QED) is 0.636. The molecule has 1 aromatic rings. The lowest BCUT2D eigenvalue weighted by molar-refractivity contribution is 0.614. The van der Waals surface area contributed by atoms with Gasteiger partial charge in [0.15, 0.2) is 0 Å². The summed E-state index contributed by atoms with van der Waals surface area (Å²) in [6, 6.07) is 6.66. The molecule has 0 saturated carbocycles. The zero-order chi connectivity index (χ0) is 8.97. The molecular weight excluding hydrogens is 175 g/mol. The summed E-state index contributed by atoms with van der Waals surface area (Å²) in [5, 5.41) is 0. The molecule has 0 aliphatic heterocycles. The van der Waals surface area contributed by atoms with Crippen molar-refractivity contribution in [2.24, 2.45) is 5.92 Å². The van der Waals surface area contributed by atoms with E-state index < -0.39 is 0 Å². The van der Waals surface area contributed by atoms with Crippen LogP contribution >= 0.6 is 11.6 Å². The fraction of sp³-hybridized carbons (Fsp3) is 0.400. The van der Waals surface area contributed by atoms with E-state index in [0.29, 0.717) is 11.8 Å². The Morgan fingerprint density at radius 1 is 1.50 bits per heavy atom. The molecule has 0 radical (unpaired) electrons. The molecule has 0 spiro atoms. The van der Waals surface area contributed by atoms with Gasteiger partial charge >= 0.3 is 0 Å². The number of rotatable bonds is 3. The molecule has 0 bridgehead atoms. The van der Waals surface area contributed by atoms with Gasteiger partial charge in [0.2, 0.25) is 0 Å². The maximum Gasteiger partial charge on any atom is 0.123 e. The van der Waals surface area contributed by atoms with E-state index in [1.165, 1.54) is 6.07 Å². The highest BCUT2D eigenvalue weighted by atomic mass is 35.5. The number of benzene rings is 1. The van der Waals surface area contributed by atoms with Gasteiger partial charge < -0.3 is 0 Å². The van der Waals surface area contributed by atoms with E-state index in [0.717, 1.165) is 12.0 Å². The van der Waals surface area contributed by atoms with Crippen molar-refractivity contribution in [3.05, 3.63) is 35.6 Å². The van der Waals surface area contributed by atoms with Crippen molar-refractivity contribution >= 4 is 11.6 Å². The molecule has 1 rings (SSSR count). The summed E-state index contributed by atoms with van der Waals surface area (Å²) in [6.07, 6.45) is 0.848. The molecule has 0 nitrogen and oxygen atoms in total. The summed E-state index contributed by atoms with van der Waals surface area (Å²) in [5.41, 5.74) is 1.02. The lowest BCUT2D eigenvalue weighted by atomic mass is 10.0. The molecule has 12 heavy (non-hydrogen) atoms. The van der Waals surface area contributed by atoms with Gasteiger partial charge in [-0.2, -0.15) is 0 Å². The highest BCUT2D eigenvalue weighted by molar-refractivity contribution is 6.18. The van der Waals surface area contributed by atoms with Crippen LogP contribution in [0.3, 0.4) is 0 Å². The lowest BCUT2D eigenvalue weighted by Crippen LogP contribution is -2.00. The molecule has 0 heterocycles. The van der Waals surface area contributed by atoms with Crippen molar-refractivity contribution in [2.75, 3.05) is 5.88 Å². The van der Waals surface area contributed by atoms with E-state index in [-0.39, 0.29) is 5.82 Å². The van der Waals surface area contributed by atoms with Gasteiger partial charge in [0.25, 0.3) is 0 Å². The molecule has 2 heteroatoms. The van der Waals surface area contributed by atoms with Gasteiger partial charge in [-0.25, -0.2) is 4.39 Å². The van der Waals surface area contributed by atoms with Crippen molar-refractivity contribution in [3.8, 4) is 0 Å². The predicted molar refractivity (Wildman–Crippen MR) is 50.0 cm³/mol. The van der Waals surface area contributed by atoms with E-state index in [9.17, 15) is 4.39 Å². The predicted octanol–water partition coefficient (Wildman–Crippen LogP) is 3.24. The van der Waals surface area contributed by atoms with Crippen LogP contribution in [0.1, 0.15) is 12.5 Å². The molecule has 0 aliphatic carbocycles. The van der Waals surface area contributed by atoms with Crippen LogP contribution in [0.5, 0.6) is 0 Å². The standard InChI is InChI=1S/C10H12ClF/c1-8(7-11)5-9-3-2-4-10(12)6-9/h2-4,6,8H,5,7H2,1H3. The SMILES string of the molecule is CC(CCl)Cc1cccc(F)c1. The van der Waals surface area contributed by atoms with Crippen molar-refractivity contribution in [1.82, 2.24) is 0 Å². The summed E-state index contributed by atoms with van der Waals surface area (Å²) in [5.74, 6) is 0.860. The Balaban J connectivity index is 2.63. The van der Waals surface area contributed by atoms with E-state index >= 15 is 0 Å². The Morgan fingerprint density at radius 3 is 2.83 bits per heavy atom. The first-order valence-corrected chi connectivity index (χ1v) is 4.56. The van der Waals surface area contributed by atoms with Gasteiger partial charge in [-0.1, -0.05) is 19.1 Å². The van der Waals surface area contributed by atoms with Gasteiger partial charge in [-0.3, -0.25) is 0 Å². The van der Waals surface area contributed by atoms with Crippen LogP contribution in [0.4, 0.5) is 4.39 Å². The van der Waals surface area contributed by atoms with Gasteiger partial charge in [-0.15, -0.1) is 11.6 Å². The van der Waals surface area contributed by atoms with Crippen LogP contribution in [0.15, 0.2) is 24.3 Å². The third-order valence-electron chi connectivity index (χ3n) is 1.74. The van der Waals surface area contributed by atoms with E-state index in [1.54, 1.807) is 12.1 Å². The molecule has 0 aliphatic rings. The average molecular weight is 187 g/mol. The largest absolute Gasteiger partial charge is 0.207 e. The normalized spacial score (nSPS) is 12.9. The molecule has 66 valence electrons. The average Bonchev–Trinajstić information content (AvgIpc) is 2.04. The molecule has 0 aromatic heterocycles. The second kappa shape index (κ2) is 4.46. The lowest BCUT2D eigenvalue weighted by Gasteiger charge is -2.06. The van der Waals surface area contributed by atoms with Crippen molar-refractivity contribution in [3.63, 3.8) is 0 Å². The zero-order valence-corrected chi connectivity index (χ0v) is 7.81. The van der Waals surface area contributed by atoms with Crippen LogP contribution in [-0.2, 0) is 6.42 Å². The fourth-order valence-electron chi connectivity index (χ4n) is 1.12. The van der Waals surface area contributed by atoms with Gasteiger partial charge in [-0.05, 0) is 30.0 Å². The van der Waals surface area contributed by atoms with Crippen LogP contribution in [0.2, 0.25) is 0 Å². The Labute approximate surface area is 77.4 Å². The zero-order valence-electron chi connectivity index (χ0n) is 7.06. The Bertz CT molecular complexity index is 247. The van der Waals surface area contributed by atoms with Crippen LogP contribution < -0.4 is 0 Å². The topological polar surface area (TPSA) is 0 Å². The summed E-state index contributed by atoms with van der Waals surface area (Å²) in [6.45, 7) is 2.05.